The lowest BCUT2D eigenvalue weighted by Gasteiger charge is -2.02. The van der Waals surface area contributed by atoms with Crippen LogP contribution in [0, 0.1) is 0 Å². The minimum Gasteiger partial charge on any atom is -0.346 e. The number of aryl methyl sites for hydroxylation is 1. The Morgan fingerprint density at radius 3 is 2.88 bits per heavy atom. The summed E-state index contributed by atoms with van der Waals surface area (Å²) >= 11 is 1.90. The SMILES string of the molecule is CCNCc1cn(CCSC)c2ccccc12. The molecule has 92 valence electrons. The molecular weight excluding hydrogens is 228 g/mol. The number of nitrogens with zero attached hydrogens (tertiary/aromatic N) is 1. The molecular formula is C14H20N2S. The zero-order valence-corrected chi connectivity index (χ0v) is 11.4. The predicted molar refractivity (Wildman–Crippen MR) is 77.7 cm³/mol. The third-order valence-electron chi connectivity index (χ3n) is 2.97. The van der Waals surface area contributed by atoms with Crippen molar-refractivity contribution >= 4 is 22.7 Å². The maximum Gasteiger partial charge on any atom is 0.0483 e. The highest BCUT2D eigenvalue weighted by Gasteiger charge is 2.06. The molecule has 1 aromatic carbocycles. The van der Waals surface area contributed by atoms with Crippen molar-refractivity contribution in [3.8, 4) is 0 Å². The van der Waals surface area contributed by atoms with E-state index >= 15 is 0 Å². The highest BCUT2D eigenvalue weighted by atomic mass is 32.2. The van der Waals surface area contributed by atoms with Crippen LogP contribution < -0.4 is 5.32 Å². The third kappa shape index (κ3) is 2.85. The first kappa shape index (κ1) is 12.5. The average molecular weight is 248 g/mol. The van der Waals surface area contributed by atoms with E-state index in [2.05, 4.69) is 53.5 Å². The molecule has 0 spiro atoms. The van der Waals surface area contributed by atoms with Crippen LogP contribution in [0.1, 0.15) is 12.5 Å². The van der Waals surface area contributed by atoms with Crippen LogP contribution in [0.3, 0.4) is 0 Å². The molecule has 2 rings (SSSR count). The van der Waals surface area contributed by atoms with E-state index in [1.54, 1.807) is 0 Å². The standard InChI is InChI=1S/C14H20N2S/c1-3-15-10-12-11-16(8-9-17-2)14-7-5-4-6-13(12)14/h4-7,11,15H,3,8-10H2,1-2H3. The van der Waals surface area contributed by atoms with Gasteiger partial charge in [0.2, 0.25) is 0 Å². The Morgan fingerprint density at radius 1 is 1.29 bits per heavy atom. The van der Waals surface area contributed by atoms with Gasteiger partial charge in [-0.15, -0.1) is 0 Å². The van der Waals surface area contributed by atoms with E-state index in [1.165, 1.54) is 22.2 Å². The predicted octanol–water partition coefficient (Wildman–Crippen LogP) is 3.11. The van der Waals surface area contributed by atoms with Crippen LogP contribution in [-0.2, 0) is 13.1 Å². The van der Waals surface area contributed by atoms with Gasteiger partial charge in [-0.25, -0.2) is 0 Å². The monoisotopic (exact) mass is 248 g/mol. The molecule has 1 aromatic heterocycles. The molecule has 0 amide bonds. The second-order valence-electron chi connectivity index (χ2n) is 4.14. The van der Waals surface area contributed by atoms with E-state index in [0.717, 1.165) is 19.6 Å². The van der Waals surface area contributed by atoms with Gasteiger partial charge in [-0.3, -0.25) is 0 Å². The van der Waals surface area contributed by atoms with Crippen molar-refractivity contribution in [3.63, 3.8) is 0 Å². The summed E-state index contributed by atoms with van der Waals surface area (Å²) in [6.07, 6.45) is 4.45. The number of para-hydroxylation sites is 1. The number of thioether (sulfide) groups is 1. The molecule has 0 saturated carbocycles. The van der Waals surface area contributed by atoms with E-state index in [0.29, 0.717) is 0 Å². The molecule has 3 heteroatoms. The molecule has 2 aromatic rings. The van der Waals surface area contributed by atoms with E-state index in [-0.39, 0.29) is 0 Å². The van der Waals surface area contributed by atoms with Crippen LogP contribution >= 0.6 is 11.8 Å². The van der Waals surface area contributed by atoms with Crippen molar-refractivity contribution in [1.29, 1.82) is 0 Å². The smallest absolute Gasteiger partial charge is 0.0483 e. The van der Waals surface area contributed by atoms with Crippen LogP contribution in [0.2, 0.25) is 0 Å². The van der Waals surface area contributed by atoms with Gasteiger partial charge < -0.3 is 9.88 Å². The molecule has 0 unspecified atom stereocenters. The maximum atomic E-state index is 3.41. The van der Waals surface area contributed by atoms with E-state index in [4.69, 9.17) is 0 Å². The number of hydrogen-bond donors (Lipinski definition) is 1. The number of fused-ring (bicyclic) bond motifs is 1. The maximum absolute atomic E-state index is 3.41. The Hall–Kier alpha value is -0.930. The van der Waals surface area contributed by atoms with Gasteiger partial charge in [0.25, 0.3) is 0 Å². The second kappa shape index (κ2) is 6.12. The van der Waals surface area contributed by atoms with Gasteiger partial charge in [-0.1, -0.05) is 25.1 Å². The summed E-state index contributed by atoms with van der Waals surface area (Å²) in [6.45, 7) is 5.22. The summed E-state index contributed by atoms with van der Waals surface area (Å²) < 4.78 is 2.37. The van der Waals surface area contributed by atoms with Crippen LogP contribution in [0.4, 0.5) is 0 Å². The molecule has 2 nitrogen and oxygen atoms in total. The minimum absolute atomic E-state index is 0.962. The van der Waals surface area contributed by atoms with Gasteiger partial charge in [0, 0.05) is 35.9 Å². The highest BCUT2D eigenvalue weighted by Crippen LogP contribution is 2.21. The molecule has 17 heavy (non-hydrogen) atoms. The van der Waals surface area contributed by atoms with E-state index in [9.17, 15) is 0 Å². The van der Waals surface area contributed by atoms with Crippen LogP contribution in [0.15, 0.2) is 30.5 Å². The van der Waals surface area contributed by atoms with E-state index < -0.39 is 0 Å². The van der Waals surface area contributed by atoms with Crippen molar-refractivity contribution in [2.75, 3.05) is 18.6 Å². The normalized spacial score (nSPS) is 11.2. The molecule has 1 heterocycles. The summed E-state index contributed by atoms with van der Waals surface area (Å²) in [5, 5.41) is 4.79. The Bertz CT molecular complexity index is 434. The summed E-state index contributed by atoms with van der Waals surface area (Å²) in [4.78, 5) is 0. The fraction of sp³-hybridized carbons (Fsp3) is 0.429. The van der Waals surface area contributed by atoms with Crippen LogP contribution in [0.25, 0.3) is 10.9 Å². The number of rotatable bonds is 6. The van der Waals surface area contributed by atoms with Crippen molar-refractivity contribution in [2.45, 2.75) is 20.0 Å². The summed E-state index contributed by atoms with van der Waals surface area (Å²) in [6, 6.07) is 8.67. The lowest BCUT2D eigenvalue weighted by Crippen LogP contribution is -2.11. The Labute approximate surface area is 107 Å². The molecule has 0 fully saturated rings. The molecule has 0 aliphatic carbocycles. The fourth-order valence-corrected chi connectivity index (χ4v) is 2.48. The van der Waals surface area contributed by atoms with Crippen molar-refractivity contribution in [1.82, 2.24) is 9.88 Å². The summed E-state index contributed by atoms with van der Waals surface area (Å²) in [5.74, 6) is 1.17. The Kier molecular flexibility index (Phi) is 4.51. The van der Waals surface area contributed by atoms with Gasteiger partial charge >= 0.3 is 0 Å². The molecule has 1 N–H and O–H groups in total. The fourth-order valence-electron chi connectivity index (χ4n) is 2.10. The average Bonchev–Trinajstić information content (AvgIpc) is 2.72. The molecule has 0 atom stereocenters. The highest BCUT2D eigenvalue weighted by molar-refractivity contribution is 7.98. The zero-order valence-electron chi connectivity index (χ0n) is 10.6. The number of aromatic nitrogens is 1. The summed E-state index contributed by atoms with van der Waals surface area (Å²) in [5.41, 5.74) is 2.76. The molecule has 0 saturated heterocycles. The number of nitrogens with one attached hydrogen (secondary N) is 1. The number of hydrogen-bond acceptors (Lipinski definition) is 2. The second-order valence-corrected chi connectivity index (χ2v) is 5.12. The van der Waals surface area contributed by atoms with Crippen molar-refractivity contribution in [2.24, 2.45) is 0 Å². The third-order valence-corrected chi connectivity index (χ3v) is 3.56. The first-order valence-corrected chi connectivity index (χ1v) is 7.52. The largest absolute Gasteiger partial charge is 0.346 e. The van der Waals surface area contributed by atoms with E-state index in [1.807, 2.05) is 11.8 Å². The topological polar surface area (TPSA) is 17.0 Å². The van der Waals surface area contributed by atoms with Gasteiger partial charge in [-0.2, -0.15) is 11.8 Å². The first-order chi connectivity index (χ1) is 8.36. The lowest BCUT2D eigenvalue weighted by molar-refractivity contribution is 0.722. The van der Waals surface area contributed by atoms with Gasteiger partial charge in [0.05, 0.1) is 0 Å². The molecule has 0 radical (unpaired) electrons. The lowest BCUT2D eigenvalue weighted by atomic mass is 10.2. The zero-order chi connectivity index (χ0) is 12.1. The van der Waals surface area contributed by atoms with Crippen LogP contribution in [-0.4, -0.2) is 23.1 Å². The summed E-state index contributed by atoms with van der Waals surface area (Å²) in [7, 11) is 0. The molecule has 0 aliphatic rings. The number of benzene rings is 1. The van der Waals surface area contributed by atoms with Gasteiger partial charge in [-0.05, 0) is 24.4 Å². The quantitative estimate of drug-likeness (QED) is 0.846. The van der Waals surface area contributed by atoms with Gasteiger partial charge in [0.15, 0.2) is 0 Å². The van der Waals surface area contributed by atoms with Crippen molar-refractivity contribution < 1.29 is 0 Å². The molecule has 0 bridgehead atoms. The molecule has 0 aliphatic heterocycles. The minimum atomic E-state index is 0.962. The van der Waals surface area contributed by atoms with Crippen LogP contribution in [0.5, 0.6) is 0 Å². The van der Waals surface area contributed by atoms with Gasteiger partial charge in [0.1, 0.15) is 0 Å². The first-order valence-electron chi connectivity index (χ1n) is 6.13. The Morgan fingerprint density at radius 2 is 2.12 bits per heavy atom. The Balaban J connectivity index is 2.32. The van der Waals surface area contributed by atoms with Crippen molar-refractivity contribution in [3.05, 3.63) is 36.0 Å².